The molecule has 0 bridgehead atoms. The van der Waals surface area contributed by atoms with Gasteiger partial charge in [0, 0.05) is 12.5 Å². The van der Waals surface area contributed by atoms with Crippen LogP contribution in [0.2, 0.25) is 0 Å². The van der Waals surface area contributed by atoms with Crippen LogP contribution in [0.3, 0.4) is 0 Å². The van der Waals surface area contributed by atoms with Crippen molar-refractivity contribution in [2.45, 2.75) is 32.7 Å². The molecule has 18 heavy (non-hydrogen) atoms. The topological polar surface area (TPSA) is 58.2 Å². The van der Waals surface area contributed by atoms with Crippen molar-refractivity contribution in [2.24, 2.45) is 0 Å². The summed E-state index contributed by atoms with van der Waals surface area (Å²) in [5, 5.41) is 5.33. The van der Waals surface area contributed by atoms with E-state index in [2.05, 4.69) is 10.6 Å². The predicted molar refractivity (Wildman–Crippen MR) is 71.1 cm³/mol. The van der Waals surface area contributed by atoms with E-state index in [0.717, 1.165) is 5.56 Å². The van der Waals surface area contributed by atoms with Gasteiger partial charge in [-0.2, -0.15) is 0 Å². The average Bonchev–Trinajstić information content (AvgIpc) is 2.34. The minimum absolute atomic E-state index is 0.0474. The smallest absolute Gasteiger partial charge is 0.239 e. The van der Waals surface area contributed by atoms with Gasteiger partial charge in [-0.1, -0.05) is 30.3 Å². The highest BCUT2D eigenvalue weighted by molar-refractivity contribution is 5.84. The summed E-state index contributed by atoms with van der Waals surface area (Å²) < 4.78 is 0. The Morgan fingerprint density at radius 1 is 1.11 bits per heavy atom. The Morgan fingerprint density at radius 2 is 1.78 bits per heavy atom. The summed E-state index contributed by atoms with van der Waals surface area (Å²) in [6.45, 7) is 3.82. The first kappa shape index (κ1) is 14.2. The van der Waals surface area contributed by atoms with E-state index in [4.69, 9.17) is 0 Å². The molecule has 0 heterocycles. The SMILES string of the molecule is CC(C)NC(=O)CNC(=O)CCc1ccccc1. The Bertz CT molecular complexity index is 388. The van der Waals surface area contributed by atoms with Gasteiger partial charge in [-0.25, -0.2) is 0 Å². The number of aryl methyl sites for hydroxylation is 1. The molecule has 0 aliphatic rings. The first-order chi connectivity index (χ1) is 8.58. The average molecular weight is 248 g/mol. The molecule has 1 aromatic carbocycles. The molecule has 0 atom stereocenters. The lowest BCUT2D eigenvalue weighted by Crippen LogP contribution is -2.39. The number of amides is 2. The normalized spacial score (nSPS) is 10.2. The largest absolute Gasteiger partial charge is 0.352 e. The summed E-state index contributed by atoms with van der Waals surface area (Å²) >= 11 is 0. The van der Waals surface area contributed by atoms with Crippen molar-refractivity contribution in [1.82, 2.24) is 10.6 Å². The van der Waals surface area contributed by atoms with Crippen LogP contribution in [-0.4, -0.2) is 24.4 Å². The molecule has 0 aliphatic heterocycles. The predicted octanol–water partition coefficient (Wildman–Crippen LogP) is 1.26. The second-order valence-electron chi connectivity index (χ2n) is 4.48. The molecule has 0 saturated heterocycles. The third kappa shape index (κ3) is 6.03. The fourth-order valence-corrected chi connectivity index (χ4v) is 1.54. The molecule has 1 rings (SSSR count). The Morgan fingerprint density at radius 3 is 2.39 bits per heavy atom. The van der Waals surface area contributed by atoms with Gasteiger partial charge in [0.25, 0.3) is 0 Å². The van der Waals surface area contributed by atoms with Crippen LogP contribution in [0.1, 0.15) is 25.8 Å². The van der Waals surface area contributed by atoms with E-state index in [1.807, 2.05) is 44.2 Å². The monoisotopic (exact) mass is 248 g/mol. The number of hydrogen-bond donors (Lipinski definition) is 2. The molecule has 1 aromatic rings. The van der Waals surface area contributed by atoms with Crippen molar-refractivity contribution in [3.8, 4) is 0 Å². The van der Waals surface area contributed by atoms with Crippen LogP contribution in [0.15, 0.2) is 30.3 Å². The third-order valence-corrected chi connectivity index (χ3v) is 2.38. The molecule has 0 unspecified atom stereocenters. The number of carbonyl (C=O) groups is 2. The maximum absolute atomic E-state index is 11.5. The zero-order chi connectivity index (χ0) is 13.4. The van der Waals surface area contributed by atoms with Gasteiger partial charge < -0.3 is 10.6 Å². The fraction of sp³-hybridized carbons (Fsp3) is 0.429. The van der Waals surface area contributed by atoms with Crippen LogP contribution in [0.4, 0.5) is 0 Å². The van der Waals surface area contributed by atoms with E-state index in [1.54, 1.807) is 0 Å². The molecule has 0 radical (unpaired) electrons. The zero-order valence-corrected chi connectivity index (χ0v) is 10.9. The first-order valence-corrected chi connectivity index (χ1v) is 6.18. The highest BCUT2D eigenvalue weighted by Gasteiger charge is 2.06. The van der Waals surface area contributed by atoms with Crippen LogP contribution in [0.25, 0.3) is 0 Å². The molecule has 0 saturated carbocycles. The fourth-order valence-electron chi connectivity index (χ4n) is 1.54. The minimum Gasteiger partial charge on any atom is -0.352 e. The molecule has 2 N–H and O–H groups in total. The number of hydrogen-bond acceptors (Lipinski definition) is 2. The maximum Gasteiger partial charge on any atom is 0.239 e. The third-order valence-electron chi connectivity index (χ3n) is 2.38. The molecular formula is C14H20N2O2. The van der Waals surface area contributed by atoms with Crippen molar-refractivity contribution in [2.75, 3.05) is 6.54 Å². The van der Waals surface area contributed by atoms with Gasteiger partial charge in [0.2, 0.25) is 11.8 Å². The van der Waals surface area contributed by atoms with Gasteiger partial charge in [-0.15, -0.1) is 0 Å². The summed E-state index contributed by atoms with van der Waals surface area (Å²) in [6, 6.07) is 9.91. The van der Waals surface area contributed by atoms with Crippen molar-refractivity contribution in [3.05, 3.63) is 35.9 Å². The summed E-state index contributed by atoms with van der Waals surface area (Å²) in [4.78, 5) is 22.8. The van der Waals surface area contributed by atoms with Gasteiger partial charge in [0.1, 0.15) is 0 Å². The summed E-state index contributed by atoms with van der Waals surface area (Å²) in [7, 11) is 0. The Hall–Kier alpha value is -1.84. The number of carbonyl (C=O) groups excluding carboxylic acids is 2. The molecule has 0 spiro atoms. The zero-order valence-electron chi connectivity index (χ0n) is 10.9. The lowest BCUT2D eigenvalue weighted by atomic mass is 10.1. The van der Waals surface area contributed by atoms with Gasteiger partial charge in [-0.3, -0.25) is 9.59 Å². The molecule has 4 nitrogen and oxygen atoms in total. The van der Waals surface area contributed by atoms with E-state index >= 15 is 0 Å². The van der Waals surface area contributed by atoms with E-state index in [0.29, 0.717) is 12.8 Å². The molecule has 0 fully saturated rings. The Labute approximate surface area is 108 Å². The molecule has 2 amide bonds. The minimum atomic E-state index is -0.155. The molecule has 0 aliphatic carbocycles. The second kappa shape index (κ2) is 7.48. The van der Waals surface area contributed by atoms with Crippen LogP contribution < -0.4 is 10.6 Å². The molecular weight excluding hydrogens is 228 g/mol. The van der Waals surface area contributed by atoms with E-state index in [1.165, 1.54) is 0 Å². The molecule has 0 aromatic heterocycles. The van der Waals surface area contributed by atoms with Gasteiger partial charge >= 0.3 is 0 Å². The standard InChI is InChI=1S/C14H20N2O2/c1-11(2)16-14(18)10-15-13(17)9-8-12-6-4-3-5-7-12/h3-7,11H,8-10H2,1-2H3,(H,15,17)(H,16,18). The second-order valence-corrected chi connectivity index (χ2v) is 4.48. The Kier molecular flexibility index (Phi) is 5.91. The van der Waals surface area contributed by atoms with Crippen molar-refractivity contribution < 1.29 is 9.59 Å². The summed E-state index contributed by atoms with van der Waals surface area (Å²) in [5.74, 6) is -0.254. The Balaban J connectivity index is 2.20. The number of rotatable bonds is 6. The summed E-state index contributed by atoms with van der Waals surface area (Å²) in [5.41, 5.74) is 1.12. The maximum atomic E-state index is 11.5. The first-order valence-electron chi connectivity index (χ1n) is 6.18. The van der Waals surface area contributed by atoms with Crippen LogP contribution in [0, 0.1) is 0 Å². The van der Waals surface area contributed by atoms with Gasteiger partial charge in [-0.05, 0) is 25.8 Å². The van der Waals surface area contributed by atoms with Crippen molar-refractivity contribution in [3.63, 3.8) is 0 Å². The number of benzene rings is 1. The van der Waals surface area contributed by atoms with Crippen LogP contribution in [0.5, 0.6) is 0 Å². The van der Waals surface area contributed by atoms with Crippen LogP contribution in [-0.2, 0) is 16.0 Å². The lowest BCUT2D eigenvalue weighted by molar-refractivity contribution is -0.126. The van der Waals surface area contributed by atoms with Gasteiger partial charge in [0.05, 0.1) is 6.54 Å². The van der Waals surface area contributed by atoms with Gasteiger partial charge in [0.15, 0.2) is 0 Å². The number of nitrogens with one attached hydrogen (secondary N) is 2. The molecule has 4 heteroatoms. The van der Waals surface area contributed by atoms with Crippen molar-refractivity contribution >= 4 is 11.8 Å². The quantitative estimate of drug-likeness (QED) is 0.796. The highest BCUT2D eigenvalue weighted by atomic mass is 16.2. The van der Waals surface area contributed by atoms with E-state index < -0.39 is 0 Å². The summed E-state index contributed by atoms with van der Waals surface area (Å²) in [6.07, 6.45) is 1.09. The molecule has 98 valence electrons. The lowest BCUT2D eigenvalue weighted by Gasteiger charge is -2.09. The highest BCUT2D eigenvalue weighted by Crippen LogP contribution is 2.01. The van der Waals surface area contributed by atoms with Crippen LogP contribution >= 0.6 is 0 Å². The van der Waals surface area contributed by atoms with E-state index in [9.17, 15) is 9.59 Å². The van der Waals surface area contributed by atoms with E-state index in [-0.39, 0.29) is 24.4 Å². The van der Waals surface area contributed by atoms with Crippen molar-refractivity contribution in [1.29, 1.82) is 0 Å².